The van der Waals surface area contributed by atoms with E-state index < -0.39 is 5.97 Å². The number of hydrogen-bond donors (Lipinski definition) is 1. The summed E-state index contributed by atoms with van der Waals surface area (Å²) in [6.45, 7) is 8.63. The molecular formula is C24H35NO4. The Labute approximate surface area is 174 Å². The summed E-state index contributed by atoms with van der Waals surface area (Å²) >= 11 is 0. The Bertz CT molecular complexity index is 731. The second kappa shape index (κ2) is 9.19. The lowest BCUT2D eigenvalue weighted by Gasteiger charge is -2.49. The van der Waals surface area contributed by atoms with Crippen molar-refractivity contribution in [2.75, 3.05) is 6.54 Å². The van der Waals surface area contributed by atoms with E-state index in [2.05, 4.69) is 45.2 Å². The first-order valence-electron chi connectivity index (χ1n) is 11.0. The number of fused-ring (bicyclic) bond motifs is 2. The van der Waals surface area contributed by atoms with Gasteiger partial charge in [-0.1, -0.05) is 37.0 Å². The van der Waals surface area contributed by atoms with Crippen LogP contribution in [-0.2, 0) is 19.1 Å². The van der Waals surface area contributed by atoms with Gasteiger partial charge in [0.05, 0.1) is 0 Å². The highest BCUT2D eigenvalue weighted by molar-refractivity contribution is 5.74. The minimum atomic E-state index is -0.401. The van der Waals surface area contributed by atoms with E-state index in [1.165, 1.54) is 24.0 Å². The number of allylic oxidation sites excluding steroid dienone is 3. The molecule has 3 rings (SSSR count). The molecule has 0 aromatic heterocycles. The summed E-state index contributed by atoms with van der Waals surface area (Å²) in [5.41, 5.74) is 3.52. The van der Waals surface area contributed by atoms with Gasteiger partial charge in [0.2, 0.25) is 6.41 Å². The van der Waals surface area contributed by atoms with Crippen molar-refractivity contribution in [1.29, 1.82) is 0 Å². The summed E-state index contributed by atoms with van der Waals surface area (Å²) in [4.78, 5) is 22.9. The van der Waals surface area contributed by atoms with Crippen molar-refractivity contribution in [3.8, 4) is 0 Å². The highest BCUT2D eigenvalue weighted by Crippen LogP contribution is 2.51. The fraction of sp³-hybridized carbons (Fsp3) is 0.667. The van der Waals surface area contributed by atoms with Crippen LogP contribution in [0.5, 0.6) is 0 Å². The Morgan fingerprint density at radius 2 is 2.17 bits per heavy atom. The van der Waals surface area contributed by atoms with Crippen LogP contribution in [0.25, 0.3) is 0 Å². The lowest BCUT2D eigenvalue weighted by molar-refractivity contribution is -0.148. The summed E-state index contributed by atoms with van der Waals surface area (Å²) in [6.07, 6.45) is 12.1. The van der Waals surface area contributed by atoms with Crippen LogP contribution >= 0.6 is 0 Å². The van der Waals surface area contributed by atoms with Crippen LogP contribution in [0, 0.1) is 11.8 Å². The fourth-order valence-corrected chi connectivity index (χ4v) is 5.02. The first-order valence-corrected chi connectivity index (χ1v) is 11.0. The lowest BCUT2D eigenvalue weighted by atomic mass is 9.65. The average molecular weight is 402 g/mol. The zero-order valence-electron chi connectivity index (χ0n) is 18.3. The molecule has 1 aliphatic heterocycles. The summed E-state index contributed by atoms with van der Waals surface area (Å²) < 4.78 is 12.4. The normalized spacial score (nSPS) is 27.7. The van der Waals surface area contributed by atoms with Gasteiger partial charge in [-0.3, -0.25) is 9.59 Å². The Morgan fingerprint density at radius 3 is 2.90 bits per heavy atom. The molecule has 0 saturated carbocycles. The molecular weight excluding hydrogens is 366 g/mol. The third-order valence-electron chi connectivity index (χ3n) is 6.49. The van der Waals surface area contributed by atoms with Crippen LogP contribution in [-0.4, -0.2) is 30.6 Å². The van der Waals surface area contributed by atoms with Crippen molar-refractivity contribution < 1.29 is 19.1 Å². The maximum Gasteiger partial charge on any atom is 0.326 e. The molecule has 29 heavy (non-hydrogen) atoms. The Hall–Kier alpha value is -2.04. The maximum atomic E-state index is 12.3. The Morgan fingerprint density at radius 1 is 1.38 bits per heavy atom. The number of carbonyl (C=O) groups is 2. The van der Waals surface area contributed by atoms with Gasteiger partial charge in [0.1, 0.15) is 24.0 Å². The molecule has 5 heteroatoms. The molecule has 0 saturated heterocycles. The maximum absolute atomic E-state index is 12.3. The lowest BCUT2D eigenvalue weighted by Crippen LogP contribution is -2.47. The second-order valence-electron chi connectivity index (χ2n) is 9.15. The largest absolute Gasteiger partial charge is 0.487 e. The third-order valence-corrected chi connectivity index (χ3v) is 6.49. The molecule has 1 N–H and O–H groups in total. The molecule has 5 nitrogen and oxygen atoms in total. The average Bonchev–Trinajstić information content (AvgIpc) is 2.65. The van der Waals surface area contributed by atoms with E-state index in [0.29, 0.717) is 12.3 Å². The van der Waals surface area contributed by atoms with E-state index in [4.69, 9.17) is 9.47 Å². The van der Waals surface area contributed by atoms with Crippen molar-refractivity contribution in [3.63, 3.8) is 0 Å². The van der Waals surface area contributed by atoms with E-state index >= 15 is 0 Å². The van der Waals surface area contributed by atoms with E-state index in [0.717, 1.165) is 43.4 Å². The monoisotopic (exact) mass is 401 g/mol. The van der Waals surface area contributed by atoms with Crippen molar-refractivity contribution in [3.05, 3.63) is 34.6 Å². The SMILES string of the molecule is CCCCCC1=CC2=C(C(OC(=O)CNC=O)C1)[C@@H]1C=C(C)CC[C@H]1C(C)(C)O2. The molecule has 0 aromatic rings. The molecule has 1 unspecified atom stereocenters. The third kappa shape index (κ3) is 4.93. The van der Waals surface area contributed by atoms with Gasteiger partial charge in [0, 0.05) is 23.8 Å². The number of carbonyl (C=O) groups excluding carboxylic acids is 2. The minimum Gasteiger partial charge on any atom is -0.487 e. The van der Waals surface area contributed by atoms with Gasteiger partial charge < -0.3 is 14.8 Å². The van der Waals surface area contributed by atoms with Gasteiger partial charge in [-0.25, -0.2) is 0 Å². The molecule has 2 aliphatic carbocycles. The molecule has 0 radical (unpaired) electrons. The van der Waals surface area contributed by atoms with Crippen molar-refractivity contribution >= 4 is 12.4 Å². The first-order chi connectivity index (χ1) is 13.9. The zero-order valence-corrected chi connectivity index (χ0v) is 18.3. The van der Waals surface area contributed by atoms with E-state index in [9.17, 15) is 9.59 Å². The molecule has 0 spiro atoms. The standard InChI is InChI=1S/C24H35NO4/c1-5-6-7-8-17-12-20(28-22(27)14-25-15-26)23-18-11-16(2)9-10-19(18)24(3,4)29-21(23)13-17/h11,13,15,18-20H,5-10,12,14H2,1-4H3,(H,25,26)/t18-,19-,20?/m1/s1. The Balaban J connectivity index is 1.94. The van der Waals surface area contributed by atoms with Crippen LogP contribution < -0.4 is 5.32 Å². The predicted molar refractivity (Wildman–Crippen MR) is 113 cm³/mol. The number of amides is 1. The molecule has 0 aromatic carbocycles. The van der Waals surface area contributed by atoms with Gasteiger partial charge in [-0.15, -0.1) is 0 Å². The topological polar surface area (TPSA) is 64.6 Å². The van der Waals surface area contributed by atoms with Crippen molar-refractivity contribution in [2.24, 2.45) is 11.8 Å². The van der Waals surface area contributed by atoms with Gasteiger partial charge in [-0.05, 0) is 52.5 Å². The summed E-state index contributed by atoms with van der Waals surface area (Å²) in [7, 11) is 0. The van der Waals surface area contributed by atoms with Crippen LogP contribution in [0.4, 0.5) is 0 Å². The number of nitrogens with one attached hydrogen (secondary N) is 1. The molecule has 0 bridgehead atoms. The van der Waals surface area contributed by atoms with E-state index in [-0.39, 0.29) is 24.2 Å². The van der Waals surface area contributed by atoms with E-state index in [1.807, 2.05) is 0 Å². The van der Waals surface area contributed by atoms with Gasteiger partial charge in [-0.2, -0.15) is 0 Å². The zero-order chi connectivity index (χ0) is 21.0. The quantitative estimate of drug-likeness (QED) is 0.280. The number of hydrogen-bond acceptors (Lipinski definition) is 4. The first kappa shape index (κ1) is 21.7. The van der Waals surface area contributed by atoms with Gasteiger partial charge >= 0.3 is 5.97 Å². The van der Waals surface area contributed by atoms with Crippen molar-refractivity contribution in [2.45, 2.75) is 84.3 Å². The molecule has 160 valence electrons. The highest BCUT2D eigenvalue weighted by atomic mass is 16.5. The number of rotatable bonds is 8. The Kier molecular flexibility index (Phi) is 6.86. The molecule has 3 atom stereocenters. The molecule has 1 heterocycles. The van der Waals surface area contributed by atoms with E-state index in [1.54, 1.807) is 0 Å². The number of ether oxygens (including phenoxy) is 2. The molecule has 1 amide bonds. The summed E-state index contributed by atoms with van der Waals surface area (Å²) in [5, 5.41) is 2.41. The van der Waals surface area contributed by atoms with Gasteiger partial charge in [0.25, 0.3) is 0 Å². The second-order valence-corrected chi connectivity index (χ2v) is 9.15. The van der Waals surface area contributed by atoms with Crippen LogP contribution in [0.1, 0.15) is 72.6 Å². The number of esters is 1. The fourth-order valence-electron chi connectivity index (χ4n) is 5.02. The summed E-state index contributed by atoms with van der Waals surface area (Å²) in [6, 6.07) is 0. The molecule has 0 fully saturated rings. The number of unbranched alkanes of at least 4 members (excludes halogenated alkanes) is 2. The van der Waals surface area contributed by atoms with Gasteiger partial charge in [0.15, 0.2) is 0 Å². The predicted octanol–water partition coefficient (Wildman–Crippen LogP) is 4.59. The van der Waals surface area contributed by atoms with Crippen molar-refractivity contribution in [1.82, 2.24) is 5.32 Å². The highest BCUT2D eigenvalue weighted by Gasteiger charge is 2.48. The summed E-state index contributed by atoms with van der Waals surface area (Å²) in [5.74, 6) is 1.09. The smallest absolute Gasteiger partial charge is 0.326 e. The molecule has 3 aliphatic rings. The van der Waals surface area contributed by atoms with Crippen LogP contribution in [0.2, 0.25) is 0 Å². The van der Waals surface area contributed by atoms with Crippen LogP contribution in [0.15, 0.2) is 34.6 Å². The van der Waals surface area contributed by atoms with Crippen LogP contribution in [0.3, 0.4) is 0 Å². The minimum absolute atomic E-state index is 0.104.